The first-order valence-corrected chi connectivity index (χ1v) is 10.1. The van der Waals surface area contributed by atoms with E-state index in [0.717, 1.165) is 29.8 Å². The molecule has 0 heterocycles. The van der Waals surface area contributed by atoms with Crippen LogP contribution in [0.4, 0.5) is 0 Å². The second kappa shape index (κ2) is 10.4. The van der Waals surface area contributed by atoms with E-state index in [0.29, 0.717) is 25.9 Å². The average molecular weight is 331 g/mol. The van der Waals surface area contributed by atoms with E-state index < -0.39 is 8.80 Å². The van der Waals surface area contributed by atoms with Crippen LogP contribution in [0, 0.1) is 0 Å². The molecule has 0 bridgehead atoms. The van der Waals surface area contributed by atoms with E-state index in [1.54, 1.807) is 0 Å². The summed E-state index contributed by atoms with van der Waals surface area (Å²) in [7, 11) is -2.66. The molecule has 0 aliphatic carbocycles. The predicted octanol–water partition coefficient (Wildman–Crippen LogP) is 4.64. The molecule has 3 nitrogen and oxygen atoms in total. The lowest BCUT2D eigenvalue weighted by atomic mass is 10.2. The van der Waals surface area contributed by atoms with Gasteiger partial charge in [-0.05, 0) is 37.0 Å². The van der Waals surface area contributed by atoms with Gasteiger partial charge < -0.3 is 13.3 Å². The molecular formula is C16H27ClO3Si. The molecule has 0 aromatic heterocycles. The van der Waals surface area contributed by atoms with Crippen LogP contribution in [0.1, 0.15) is 45.6 Å². The van der Waals surface area contributed by atoms with Gasteiger partial charge in [0.2, 0.25) is 0 Å². The Morgan fingerprint density at radius 2 is 1.24 bits per heavy atom. The van der Waals surface area contributed by atoms with Gasteiger partial charge in [0.1, 0.15) is 0 Å². The summed E-state index contributed by atoms with van der Waals surface area (Å²) in [6.45, 7) is 8.32. The number of hydrogen-bond acceptors (Lipinski definition) is 3. The fraction of sp³-hybridized carbons (Fsp3) is 0.625. The van der Waals surface area contributed by atoms with Gasteiger partial charge in [0.25, 0.3) is 0 Å². The molecule has 0 radical (unpaired) electrons. The number of rotatable bonds is 11. The van der Waals surface area contributed by atoms with Gasteiger partial charge in [0.05, 0.1) is 0 Å². The van der Waals surface area contributed by atoms with E-state index in [1.807, 2.05) is 24.3 Å². The predicted molar refractivity (Wildman–Crippen MR) is 89.6 cm³/mol. The molecule has 0 unspecified atom stereocenters. The van der Waals surface area contributed by atoms with Crippen LogP contribution in [-0.4, -0.2) is 28.6 Å². The summed E-state index contributed by atoms with van der Waals surface area (Å²) in [4.78, 5) is 0. The van der Waals surface area contributed by atoms with E-state index in [-0.39, 0.29) is 0 Å². The van der Waals surface area contributed by atoms with Gasteiger partial charge in [-0.3, -0.25) is 0 Å². The highest BCUT2D eigenvalue weighted by Gasteiger charge is 2.41. The molecule has 5 heteroatoms. The Morgan fingerprint density at radius 3 is 1.62 bits per heavy atom. The topological polar surface area (TPSA) is 27.7 Å². The first-order valence-electron chi connectivity index (χ1n) is 7.82. The van der Waals surface area contributed by atoms with E-state index in [2.05, 4.69) is 20.8 Å². The molecule has 0 spiro atoms. The van der Waals surface area contributed by atoms with Gasteiger partial charge in [-0.1, -0.05) is 44.5 Å². The molecular weight excluding hydrogens is 304 g/mol. The first kappa shape index (κ1) is 18.7. The third-order valence-corrected chi connectivity index (χ3v) is 5.94. The van der Waals surface area contributed by atoms with Crippen molar-refractivity contribution in [3.63, 3.8) is 0 Å². The Kier molecular flexibility index (Phi) is 9.20. The minimum atomic E-state index is -2.66. The molecule has 1 rings (SSSR count). The second-order valence-electron chi connectivity index (χ2n) is 5.03. The monoisotopic (exact) mass is 330 g/mol. The van der Waals surface area contributed by atoms with E-state index in [1.165, 1.54) is 0 Å². The van der Waals surface area contributed by atoms with Crippen molar-refractivity contribution in [2.75, 3.05) is 19.8 Å². The quantitative estimate of drug-likeness (QED) is 0.553. The molecule has 0 aliphatic heterocycles. The van der Waals surface area contributed by atoms with Gasteiger partial charge >= 0.3 is 8.80 Å². The normalized spacial score (nSPS) is 11.8. The summed E-state index contributed by atoms with van der Waals surface area (Å²) >= 11 is 5.95. The van der Waals surface area contributed by atoms with Crippen molar-refractivity contribution in [3.8, 4) is 0 Å². The third-order valence-electron chi connectivity index (χ3n) is 2.91. The molecule has 120 valence electrons. The Morgan fingerprint density at radius 1 is 0.810 bits per heavy atom. The lowest BCUT2D eigenvalue weighted by Crippen LogP contribution is -2.49. The minimum absolute atomic E-state index is 0.674. The summed E-state index contributed by atoms with van der Waals surface area (Å²) in [6.07, 6.45) is 2.88. The lowest BCUT2D eigenvalue weighted by Gasteiger charge is -2.29. The Hall–Kier alpha value is -0.393. The summed E-state index contributed by atoms with van der Waals surface area (Å²) in [5, 5.41) is 0.740. The molecule has 0 atom stereocenters. The highest BCUT2D eigenvalue weighted by atomic mass is 35.5. The van der Waals surface area contributed by atoms with Gasteiger partial charge in [-0.15, -0.1) is 0 Å². The summed E-state index contributed by atoms with van der Waals surface area (Å²) < 4.78 is 18.2. The molecule has 1 aromatic rings. The van der Waals surface area contributed by atoms with Crippen LogP contribution in [0.2, 0.25) is 5.02 Å². The first-order chi connectivity index (χ1) is 10.2. The van der Waals surface area contributed by atoms with Crippen LogP contribution in [-0.2, 0) is 19.3 Å². The fourth-order valence-corrected chi connectivity index (χ4v) is 4.87. The molecule has 0 aliphatic rings. The summed E-state index contributed by atoms with van der Waals surface area (Å²) in [5.41, 5.74) is 1.15. The smallest absolute Gasteiger partial charge is 0.373 e. The molecule has 0 saturated heterocycles. The Bertz CT molecular complexity index is 362. The standard InChI is InChI=1S/C16H27ClO3Si/c1-4-11-18-21(19-12-5-2,20-13-6-3)14-15-7-9-16(17)10-8-15/h7-10H,4-6,11-14H2,1-3H3. The van der Waals surface area contributed by atoms with Crippen molar-refractivity contribution in [1.82, 2.24) is 0 Å². The SMILES string of the molecule is CCCO[Si](Cc1ccc(Cl)cc1)(OCCC)OCCC. The van der Waals surface area contributed by atoms with Crippen LogP contribution in [0.5, 0.6) is 0 Å². The van der Waals surface area contributed by atoms with Gasteiger partial charge in [0.15, 0.2) is 0 Å². The van der Waals surface area contributed by atoms with Gasteiger partial charge in [-0.2, -0.15) is 0 Å². The van der Waals surface area contributed by atoms with Crippen LogP contribution >= 0.6 is 11.6 Å². The van der Waals surface area contributed by atoms with Crippen molar-refractivity contribution in [1.29, 1.82) is 0 Å². The zero-order valence-corrected chi connectivity index (χ0v) is 15.1. The van der Waals surface area contributed by atoms with Gasteiger partial charge in [-0.25, -0.2) is 0 Å². The third kappa shape index (κ3) is 6.93. The maximum atomic E-state index is 6.08. The summed E-state index contributed by atoms with van der Waals surface area (Å²) in [6, 6.07) is 8.53. The van der Waals surface area contributed by atoms with Crippen molar-refractivity contribution in [2.45, 2.75) is 46.1 Å². The van der Waals surface area contributed by atoms with Crippen molar-refractivity contribution in [3.05, 3.63) is 34.9 Å². The highest BCUT2D eigenvalue weighted by molar-refractivity contribution is 6.60. The van der Waals surface area contributed by atoms with Crippen LogP contribution in [0.15, 0.2) is 24.3 Å². The zero-order valence-electron chi connectivity index (χ0n) is 13.4. The fourth-order valence-electron chi connectivity index (χ4n) is 1.90. The molecule has 21 heavy (non-hydrogen) atoms. The molecule has 0 N–H and O–H groups in total. The zero-order chi connectivity index (χ0) is 15.6. The highest BCUT2D eigenvalue weighted by Crippen LogP contribution is 2.20. The van der Waals surface area contributed by atoms with Crippen LogP contribution < -0.4 is 0 Å². The van der Waals surface area contributed by atoms with E-state index in [4.69, 9.17) is 24.9 Å². The number of hydrogen-bond donors (Lipinski definition) is 0. The Balaban J connectivity index is 2.85. The molecule has 0 saturated carbocycles. The van der Waals surface area contributed by atoms with Gasteiger partial charge in [0, 0.05) is 30.9 Å². The van der Waals surface area contributed by atoms with Crippen LogP contribution in [0.3, 0.4) is 0 Å². The van der Waals surface area contributed by atoms with Crippen molar-refractivity contribution >= 4 is 20.4 Å². The molecule has 0 amide bonds. The maximum absolute atomic E-state index is 6.08. The lowest BCUT2D eigenvalue weighted by molar-refractivity contribution is 0.0583. The number of benzene rings is 1. The van der Waals surface area contributed by atoms with Crippen molar-refractivity contribution in [2.24, 2.45) is 0 Å². The maximum Gasteiger partial charge on any atom is 0.505 e. The minimum Gasteiger partial charge on any atom is -0.373 e. The largest absolute Gasteiger partial charge is 0.505 e. The second-order valence-corrected chi connectivity index (χ2v) is 8.05. The van der Waals surface area contributed by atoms with E-state index >= 15 is 0 Å². The Labute approximate surface area is 134 Å². The average Bonchev–Trinajstić information content (AvgIpc) is 2.51. The van der Waals surface area contributed by atoms with Crippen LogP contribution in [0.25, 0.3) is 0 Å². The summed E-state index contributed by atoms with van der Waals surface area (Å²) in [5.74, 6) is 0. The van der Waals surface area contributed by atoms with E-state index in [9.17, 15) is 0 Å². The molecule has 0 fully saturated rings. The van der Waals surface area contributed by atoms with Crippen molar-refractivity contribution < 1.29 is 13.3 Å². The molecule has 1 aromatic carbocycles. The number of halogens is 1.